The fourth-order valence-corrected chi connectivity index (χ4v) is 1.42. The third kappa shape index (κ3) is 3.18. The minimum absolute atomic E-state index is 0.0893. The van der Waals surface area contributed by atoms with Gasteiger partial charge in [0.1, 0.15) is 5.82 Å². The highest BCUT2D eigenvalue weighted by atomic mass is 35.5. The molecule has 5 heteroatoms. The van der Waals surface area contributed by atoms with E-state index < -0.39 is 17.9 Å². The van der Waals surface area contributed by atoms with E-state index in [0.717, 1.165) is 6.07 Å². The van der Waals surface area contributed by atoms with Gasteiger partial charge in [0.05, 0.1) is 19.6 Å². The standard InChI is InChI=1S/C10H10ClFO3/c1-15-10(14)5-9(13)7-3-2-6(12)4-8(7)11/h2-4,9,13H,5H2,1H3. The molecule has 0 saturated heterocycles. The minimum atomic E-state index is -1.08. The van der Waals surface area contributed by atoms with Gasteiger partial charge in [-0.25, -0.2) is 4.39 Å². The molecule has 1 unspecified atom stereocenters. The van der Waals surface area contributed by atoms with Gasteiger partial charge >= 0.3 is 5.97 Å². The van der Waals surface area contributed by atoms with Gasteiger partial charge in [-0.2, -0.15) is 0 Å². The molecule has 1 aromatic rings. The minimum Gasteiger partial charge on any atom is -0.469 e. The molecule has 1 rings (SSSR count). The maximum atomic E-state index is 12.7. The predicted molar refractivity (Wildman–Crippen MR) is 53.0 cm³/mol. The largest absolute Gasteiger partial charge is 0.469 e. The van der Waals surface area contributed by atoms with Crippen molar-refractivity contribution in [3.05, 3.63) is 34.6 Å². The van der Waals surface area contributed by atoms with E-state index in [2.05, 4.69) is 4.74 Å². The van der Waals surface area contributed by atoms with Crippen LogP contribution in [0.3, 0.4) is 0 Å². The molecule has 82 valence electrons. The zero-order valence-electron chi connectivity index (χ0n) is 8.04. The maximum absolute atomic E-state index is 12.7. The van der Waals surface area contributed by atoms with Crippen molar-refractivity contribution in [3.63, 3.8) is 0 Å². The number of hydrogen-bond donors (Lipinski definition) is 1. The summed E-state index contributed by atoms with van der Waals surface area (Å²) in [5.74, 6) is -1.04. The van der Waals surface area contributed by atoms with Crippen LogP contribution in [-0.4, -0.2) is 18.2 Å². The van der Waals surface area contributed by atoms with E-state index in [0.29, 0.717) is 5.56 Å². The zero-order chi connectivity index (χ0) is 11.4. The number of ether oxygens (including phenoxy) is 1. The molecular formula is C10H10ClFO3. The summed E-state index contributed by atoms with van der Waals surface area (Å²) in [6.07, 6.45) is -1.28. The summed E-state index contributed by atoms with van der Waals surface area (Å²) in [6, 6.07) is 3.59. The molecule has 0 radical (unpaired) electrons. The van der Waals surface area contributed by atoms with Gasteiger partial charge < -0.3 is 9.84 Å². The van der Waals surface area contributed by atoms with E-state index in [1.54, 1.807) is 0 Å². The Hall–Kier alpha value is -1.13. The molecule has 0 fully saturated rings. The van der Waals surface area contributed by atoms with Crippen LogP contribution in [0.5, 0.6) is 0 Å². The quantitative estimate of drug-likeness (QED) is 0.812. The molecule has 0 bridgehead atoms. The van der Waals surface area contributed by atoms with E-state index in [4.69, 9.17) is 11.6 Å². The van der Waals surface area contributed by atoms with Crippen molar-refractivity contribution < 1.29 is 19.0 Å². The van der Waals surface area contributed by atoms with Gasteiger partial charge in [0, 0.05) is 5.02 Å². The monoisotopic (exact) mass is 232 g/mol. The van der Waals surface area contributed by atoms with E-state index in [1.807, 2.05) is 0 Å². The summed E-state index contributed by atoms with van der Waals surface area (Å²) in [5, 5.41) is 9.68. The third-order valence-electron chi connectivity index (χ3n) is 1.91. The Balaban J connectivity index is 2.82. The molecule has 1 atom stereocenters. The lowest BCUT2D eigenvalue weighted by molar-refractivity contribution is -0.142. The number of esters is 1. The molecule has 0 aliphatic heterocycles. The van der Waals surface area contributed by atoms with Gasteiger partial charge in [0.2, 0.25) is 0 Å². The summed E-state index contributed by atoms with van der Waals surface area (Å²) in [4.78, 5) is 10.9. The first-order valence-electron chi connectivity index (χ1n) is 4.24. The Morgan fingerprint density at radius 1 is 1.67 bits per heavy atom. The highest BCUT2D eigenvalue weighted by Crippen LogP contribution is 2.26. The molecule has 1 N–H and O–H groups in total. The zero-order valence-corrected chi connectivity index (χ0v) is 8.79. The Kier molecular flexibility index (Phi) is 4.05. The average Bonchev–Trinajstić information content (AvgIpc) is 2.17. The van der Waals surface area contributed by atoms with Gasteiger partial charge in [0.25, 0.3) is 0 Å². The maximum Gasteiger partial charge on any atom is 0.308 e. The van der Waals surface area contributed by atoms with Crippen LogP contribution in [0.4, 0.5) is 4.39 Å². The first-order valence-corrected chi connectivity index (χ1v) is 4.62. The van der Waals surface area contributed by atoms with Crippen LogP contribution in [0.1, 0.15) is 18.1 Å². The van der Waals surface area contributed by atoms with Gasteiger partial charge in [-0.1, -0.05) is 17.7 Å². The van der Waals surface area contributed by atoms with Crippen LogP contribution >= 0.6 is 11.6 Å². The number of carbonyl (C=O) groups is 1. The molecular weight excluding hydrogens is 223 g/mol. The molecule has 0 heterocycles. The van der Waals surface area contributed by atoms with Crippen molar-refractivity contribution in [3.8, 4) is 0 Å². The van der Waals surface area contributed by atoms with Crippen molar-refractivity contribution in [2.45, 2.75) is 12.5 Å². The Labute approximate surface area is 91.4 Å². The number of aliphatic hydroxyl groups excluding tert-OH is 1. The van der Waals surface area contributed by atoms with E-state index >= 15 is 0 Å². The third-order valence-corrected chi connectivity index (χ3v) is 2.24. The summed E-state index contributed by atoms with van der Waals surface area (Å²) in [6.45, 7) is 0. The van der Waals surface area contributed by atoms with Crippen molar-refractivity contribution >= 4 is 17.6 Å². The van der Waals surface area contributed by atoms with Gasteiger partial charge in [-0.05, 0) is 17.7 Å². The molecule has 0 saturated carbocycles. The van der Waals surface area contributed by atoms with Gasteiger partial charge in [-0.15, -0.1) is 0 Å². The lowest BCUT2D eigenvalue weighted by Crippen LogP contribution is -2.08. The molecule has 0 aromatic heterocycles. The number of halogens is 2. The fourth-order valence-electron chi connectivity index (χ4n) is 1.12. The summed E-state index contributed by atoms with van der Waals surface area (Å²) in [5.41, 5.74) is 0.309. The average molecular weight is 233 g/mol. The first-order chi connectivity index (χ1) is 7.04. The number of aliphatic hydroxyl groups is 1. The van der Waals surface area contributed by atoms with Gasteiger partial charge in [-0.3, -0.25) is 4.79 Å². The second-order valence-electron chi connectivity index (χ2n) is 2.96. The molecule has 0 amide bonds. The van der Waals surface area contributed by atoms with Gasteiger partial charge in [0.15, 0.2) is 0 Å². The number of rotatable bonds is 3. The smallest absolute Gasteiger partial charge is 0.308 e. The number of hydrogen-bond acceptors (Lipinski definition) is 3. The van der Waals surface area contributed by atoms with Crippen LogP contribution in [0.15, 0.2) is 18.2 Å². The number of carbonyl (C=O) groups excluding carboxylic acids is 1. The fraction of sp³-hybridized carbons (Fsp3) is 0.300. The second-order valence-corrected chi connectivity index (χ2v) is 3.37. The summed E-state index contributed by atoms with van der Waals surface area (Å²) >= 11 is 5.70. The molecule has 3 nitrogen and oxygen atoms in total. The van der Waals surface area contributed by atoms with E-state index in [-0.39, 0.29) is 11.4 Å². The molecule has 15 heavy (non-hydrogen) atoms. The molecule has 0 aliphatic carbocycles. The van der Waals surface area contributed by atoms with Crippen molar-refractivity contribution in [2.75, 3.05) is 7.11 Å². The lowest BCUT2D eigenvalue weighted by atomic mass is 10.1. The summed E-state index contributed by atoms with van der Waals surface area (Å²) < 4.78 is 17.1. The Bertz CT molecular complexity index is 368. The number of methoxy groups -OCH3 is 1. The van der Waals surface area contributed by atoms with Crippen molar-refractivity contribution in [1.82, 2.24) is 0 Å². The van der Waals surface area contributed by atoms with Crippen LogP contribution in [0.25, 0.3) is 0 Å². The van der Waals surface area contributed by atoms with Crippen LogP contribution in [0.2, 0.25) is 5.02 Å². The van der Waals surface area contributed by atoms with Crippen molar-refractivity contribution in [1.29, 1.82) is 0 Å². The van der Waals surface area contributed by atoms with Crippen LogP contribution in [0, 0.1) is 5.82 Å². The summed E-state index contributed by atoms with van der Waals surface area (Å²) in [7, 11) is 1.22. The first kappa shape index (κ1) is 11.9. The van der Waals surface area contributed by atoms with Crippen LogP contribution < -0.4 is 0 Å². The van der Waals surface area contributed by atoms with Crippen LogP contribution in [-0.2, 0) is 9.53 Å². The lowest BCUT2D eigenvalue weighted by Gasteiger charge is -2.11. The predicted octanol–water partition coefficient (Wildman–Crippen LogP) is 2.08. The van der Waals surface area contributed by atoms with Crippen molar-refractivity contribution in [2.24, 2.45) is 0 Å². The number of benzene rings is 1. The normalized spacial score (nSPS) is 12.3. The molecule has 1 aromatic carbocycles. The highest BCUT2D eigenvalue weighted by Gasteiger charge is 2.16. The Morgan fingerprint density at radius 3 is 2.87 bits per heavy atom. The topological polar surface area (TPSA) is 46.5 Å². The SMILES string of the molecule is COC(=O)CC(O)c1ccc(F)cc1Cl. The molecule has 0 aliphatic rings. The van der Waals surface area contributed by atoms with E-state index in [9.17, 15) is 14.3 Å². The Morgan fingerprint density at radius 2 is 2.33 bits per heavy atom. The highest BCUT2D eigenvalue weighted by molar-refractivity contribution is 6.31. The molecule has 0 spiro atoms. The second kappa shape index (κ2) is 5.09. The van der Waals surface area contributed by atoms with E-state index in [1.165, 1.54) is 19.2 Å².